The number of rotatable bonds is 3. The van der Waals surface area contributed by atoms with E-state index in [0.717, 1.165) is 11.3 Å². The molecule has 0 aliphatic carbocycles. The first-order valence-corrected chi connectivity index (χ1v) is 8.31. The Morgan fingerprint density at radius 2 is 2.19 bits per heavy atom. The zero-order valence-electron chi connectivity index (χ0n) is 14.5. The van der Waals surface area contributed by atoms with E-state index >= 15 is 0 Å². The van der Waals surface area contributed by atoms with E-state index in [1.807, 2.05) is 13.0 Å². The van der Waals surface area contributed by atoms with Crippen molar-refractivity contribution in [3.05, 3.63) is 58.5 Å². The highest BCUT2D eigenvalue weighted by atomic mass is 32.1. The minimum atomic E-state index is -0.472. The maximum atomic E-state index is 13.0. The van der Waals surface area contributed by atoms with Gasteiger partial charge in [0.2, 0.25) is 0 Å². The molecule has 26 heavy (non-hydrogen) atoms. The van der Waals surface area contributed by atoms with Crippen LogP contribution in [0.25, 0.3) is 0 Å². The molecule has 1 atom stereocenters. The number of amides is 1. The molecule has 1 aromatic heterocycles. The third kappa shape index (κ3) is 3.30. The molecule has 1 aliphatic heterocycles. The Balaban J connectivity index is 2.02. The summed E-state index contributed by atoms with van der Waals surface area (Å²) in [5.41, 5.74) is 2.51. The molecule has 0 unspecified atom stereocenters. The number of allylic oxidation sites excluding steroid dienone is 1. The topological polar surface area (TPSA) is 94.2 Å². The van der Waals surface area contributed by atoms with Crippen molar-refractivity contribution in [1.82, 2.24) is 15.4 Å². The predicted molar refractivity (Wildman–Crippen MR) is 100.0 cm³/mol. The van der Waals surface area contributed by atoms with Crippen LogP contribution in [-0.2, 0) is 4.79 Å². The van der Waals surface area contributed by atoms with Crippen molar-refractivity contribution >= 4 is 29.1 Å². The minimum absolute atomic E-state index is 0.315. The van der Waals surface area contributed by atoms with Gasteiger partial charge in [-0.15, -0.1) is 0 Å². The van der Waals surface area contributed by atoms with Crippen LogP contribution in [0.2, 0.25) is 0 Å². The van der Waals surface area contributed by atoms with Gasteiger partial charge in [0.25, 0.3) is 5.91 Å². The van der Waals surface area contributed by atoms with E-state index in [2.05, 4.69) is 21.9 Å². The number of aromatic nitrogens is 1. The predicted octanol–water partition coefficient (Wildman–Crippen LogP) is 2.63. The molecule has 3 rings (SSSR count). The van der Waals surface area contributed by atoms with Crippen LogP contribution in [0.5, 0.6) is 0 Å². The Hall–Kier alpha value is -3.18. The Bertz CT molecular complexity index is 956. The number of benzene rings is 1. The second kappa shape index (κ2) is 6.98. The molecule has 0 bridgehead atoms. The Morgan fingerprint density at radius 3 is 2.85 bits per heavy atom. The monoisotopic (exact) mass is 367 g/mol. The summed E-state index contributed by atoms with van der Waals surface area (Å²) in [5, 5.41) is 19.4. The molecular weight excluding hydrogens is 350 g/mol. The number of carbonyl (C=O) groups is 1. The third-order valence-corrected chi connectivity index (χ3v) is 4.61. The van der Waals surface area contributed by atoms with Gasteiger partial charge >= 0.3 is 0 Å². The molecule has 7 nitrogen and oxygen atoms in total. The van der Waals surface area contributed by atoms with Gasteiger partial charge in [-0.1, -0.05) is 17.3 Å². The van der Waals surface area contributed by atoms with Gasteiger partial charge in [0.1, 0.15) is 5.76 Å². The smallest absolute Gasteiger partial charge is 0.257 e. The average Bonchev–Trinajstić information content (AvgIpc) is 3.03. The summed E-state index contributed by atoms with van der Waals surface area (Å²) in [4.78, 5) is 14.7. The van der Waals surface area contributed by atoms with Crippen molar-refractivity contribution in [2.75, 3.05) is 12.4 Å². The molecule has 0 fully saturated rings. The summed E-state index contributed by atoms with van der Waals surface area (Å²) in [5.74, 6) is 0.627. The van der Waals surface area contributed by atoms with Crippen LogP contribution >= 0.6 is 12.2 Å². The molecule has 1 aromatic carbocycles. The van der Waals surface area contributed by atoms with Crippen LogP contribution in [0.4, 0.5) is 5.82 Å². The molecule has 0 saturated heterocycles. The number of nitrogens with one attached hydrogen (secondary N) is 2. The highest BCUT2D eigenvalue weighted by Gasteiger charge is 2.32. The second-order valence-corrected chi connectivity index (χ2v) is 6.34. The first-order chi connectivity index (χ1) is 12.4. The summed E-state index contributed by atoms with van der Waals surface area (Å²) in [6.07, 6.45) is 0. The van der Waals surface area contributed by atoms with Gasteiger partial charge in [0.05, 0.1) is 23.2 Å². The third-order valence-electron chi connectivity index (χ3n) is 4.22. The molecular formula is C18H17N5O2S. The van der Waals surface area contributed by atoms with Gasteiger partial charge in [-0.3, -0.25) is 4.79 Å². The molecule has 2 aromatic rings. The van der Waals surface area contributed by atoms with Crippen molar-refractivity contribution in [3.8, 4) is 6.07 Å². The first-order valence-electron chi connectivity index (χ1n) is 7.90. The molecule has 1 aliphatic rings. The fourth-order valence-corrected chi connectivity index (χ4v) is 3.03. The van der Waals surface area contributed by atoms with E-state index in [1.165, 1.54) is 0 Å². The van der Waals surface area contributed by atoms with Gasteiger partial charge in [0.15, 0.2) is 10.9 Å². The molecule has 2 N–H and O–H groups in total. The number of nitriles is 1. The van der Waals surface area contributed by atoms with Gasteiger partial charge in [-0.25, -0.2) is 0 Å². The van der Waals surface area contributed by atoms with E-state index in [4.69, 9.17) is 22.0 Å². The van der Waals surface area contributed by atoms with Crippen LogP contribution in [0, 0.1) is 18.3 Å². The quantitative estimate of drug-likeness (QED) is 0.805. The molecule has 8 heteroatoms. The normalized spacial score (nSPS) is 16.9. The highest BCUT2D eigenvalue weighted by Crippen LogP contribution is 2.31. The lowest BCUT2D eigenvalue weighted by Crippen LogP contribution is -2.46. The lowest BCUT2D eigenvalue weighted by molar-refractivity contribution is -0.113. The van der Waals surface area contributed by atoms with Gasteiger partial charge < -0.3 is 20.1 Å². The summed E-state index contributed by atoms with van der Waals surface area (Å²) in [7, 11) is 1.79. The van der Waals surface area contributed by atoms with Crippen LogP contribution in [0.3, 0.4) is 0 Å². The van der Waals surface area contributed by atoms with E-state index in [9.17, 15) is 4.79 Å². The zero-order valence-corrected chi connectivity index (χ0v) is 15.3. The molecule has 2 heterocycles. The first kappa shape index (κ1) is 17.6. The lowest BCUT2D eigenvalue weighted by atomic mass is 9.93. The van der Waals surface area contributed by atoms with Gasteiger partial charge in [0, 0.05) is 18.8 Å². The lowest BCUT2D eigenvalue weighted by Gasteiger charge is -2.35. The number of hydrogen-bond acceptors (Lipinski definition) is 5. The van der Waals surface area contributed by atoms with E-state index in [-0.39, 0.29) is 5.91 Å². The molecule has 0 radical (unpaired) electrons. The number of thiocarbonyl (C=S) groups is 1. The maximum Gasteiger partial charge on any atom is 0.257 e. The van der Waals surface area contributed by atoms with Crippen molar-refractivity contribution < 1.29 is 9.32 Å². The zero-order chi connectivity index (χ0) is 18.8. The van der Waals surface area contributed by atoms with Crippen molar-refractivity contribution in [3.63, 3.8) is 0 Å². The summed E-state index contributed by atoms with van der Waals surface area (Å²) < 4.78 is 5.00. The molecule has 132 valence electrons. The van der Waals surface area contributed by atoms with E-state index in [1.54, 1.807) is 43.1 Å². The van der Waals surface area contributed by atoms with Crippen LogP contribution in [-0.4, -0.2) is 28.1 Å². The number of carbonyl (C=O) groups excluding carboxylic acids is 1. The largest absolute Gasteiger partial charge is 0.360 e. The van der Waals surface area contributed by atoms with Crippen LogP contribution < -0.4 is 10.6 Å². The Kier molecular flexibility index (Phi) is 4.73. The van der Waals surface area contributed by atoms with Gasteiger partial charge in [-0.2, -0.15) is 5.26 Å². The van der Waals surface area contributed by atoms with Crippen molar-refractivity contribution in [2.45, 2.75) is 19.9 Å². The van der Waals surface area contributed by atoms with Crippen molar-refractivity contribution in [1.29, 1.82) is 5.26 Å². The van der Waals surface area contributed by atoms with Gasteiger partial charge in [-0.05, 0) is 43.8 Å². The van der Waals surface area contributed by atoms with Crippen LogP contribution in [0.15, 0.2) is 46.1 Å². The average molecular weight is 367 g/mol. The summed E-state index contributed by atoms with van der Waals surface area (Å²) >= 11 is 5.37. The molecule has 1 amide bonds. The summed E-state index contributed by atoms with van der Waals surface area (Å²) in [6, 6.07) is 10.4. The number of nitrogens with zero attached hydrogens (tertiary/aromatic N) is 3. The minimum Gasteiger partial charge on any atom is -0.360 e. The van der Waals surface area contributed by atoms with E-state index < -0.39 is 6.04 Å². The van der Waals surface area contributed by atoms with Crippen LogP contribution in [0.1, 0.15) is 29.9 Å². The van der Waals surface area contributed by atoms with Crippen molar-refractivity contribution in [2.24, 2.45) is 0 Å². The highest BCUT2D eigenvalue weighted by molar-refractivity contribution is 7.80. The van der Waals surface area contributed by atoms with E-state index in [0.29, 0.717) is 27.8 Å². The SMILES string of the molecule is CC1=C(C(=O)Nc2cc(C)on2)[C@H](c2cccc(C#N)c2)NC(=S)N1C. The number of anilines is 1. The summed E-state index contributed by atoms with van der Waals surface area (Å²) in [6.45, 7) is 3.58. The Morgan fingerprint density at radius 1 is 1.42 bits per heavy atom. The second-order valence-electron chi connectivity index (χ2n) is 5.95. The fourth-order valence-electron chi connectivity index (χ4n) is 2.78. The maximum absolute atomic E-state index is 13.0. The Labute approximate surface area is 156 Å². The molecule has 0 saturated carbocycles. The number of hydrogen-bond donors (Lipinski definition) is 2. The number of aryl methyl sites for hydroxylation is 1. The molecule has 0 spiro atoms. The fraction of sp³-hybridized carbons (Fsp3) is 0.222. The standard InChI is InChI=1S/C18H17N5O2S/c1-10-7-14(22-25-10)20-17(24)15-11(2)23(3)18(26)21-16(15)13-6-4-5-12(8-13)9-19/h4-8,16H,1-3H3,(H,21,26)(H,20,22,24)/t16-/m0/s1.